The Morgan fingerprint density at radius 2 is 0.773 bits per heavy atom. The number of para-hydroxylation sites is 8. The molecule has 0 radical (unpaired) electrons. The number of phenols is 1. The number of carbonyl (C=O) groups is 4. The molecule has 0 bridgehead atoms. The minimum Gasteiger partial charge on any atom is -0.508 e. The minimum atomic E-state index is -2.96. The van der Waals surface area contributed by atoms with Crippen LogP contribution < -0.4 is 83.8 Å². The second kappa shape index (κ2) is 46.3. The molecule has 3 saturated heterocycles. The molecule has 8 heterocycles. The van der Waals surface area contributed by atoms with E-state index >= 15 is 0 Å². The normalized spacial score (nSPS) is 14.0. The molecule has 0 atom stereocenters. The van der Waals surface area contributed by atoms with Crippen molar-refractivity contribution in [2.24, 2.45) is 11.8 Å². The molecule has 14 aromatic rings. The van der Waals surface area contributed by atoms with E-state index in [1.807, 2.05) is 71.6 Å². The summed E-state index contributed by atoms with van der Waals surface area (Å²) in [6, 6.07) is 67.4. The van der Waals surface area contributed by atoms with Gasteiger partial charge in [-0.3, -0.25) is 34.6 Å². The van der Waals surface area contributed by atoms with E-state index in [0.29, 0.717) is 116 Å². The zero-order valence-electron chi connectivity index (χ0n) is 75.1. The highest BCUT2D eigenvalue weighted by atomic mass is 35.5. The number of benzene rings is 9. The van der Waals surface area contributed by atoms with Gasteiger partial charge in [-0.05, 0) is 196 Å². The largest absolute Gasteiger partial charge is 0.508 e. The van der Waals surface area contributed by atoms with Crippen LogP contribution in [0.3, 0.4) is 0 Å². The van der Waals surface area contributed by atoms with Gasteiger partial charge >= 0.3 is 17.4 Å². The molecule has 0 unspecified atom stereocenters. The van der Waals surface area contributed by atoms with Crippen molar-refractivity contribution in [3.8, 4) is 5.75 Å². The molecule has 5 amide bonds. The number of anilines is 23. The number of nitrogens with zero attached hydrogens (tertiary/aromatic N) is 13. The van der Waals surface area contributed by atoms with Gasteiger partial charge in [0.1, 0.15) is 28.9 Å². The topological polar surface area (TPSA) is 510 Å². The number of urea groups is 1. The maximum Gasteiger partial charge on any atom is 0.329 e. The molecule has 141 heavy (non-hydrogen) atoms. The van der Waals surface area contributed by atoms with Crippen LogP contribution in [-0.2, 0) is 35.4 Å². The van der Waals surface area contributed by atoms with Gasteiger partial charge in [0.25, 0.3) is 5.91 Å². The Morgan fingerprint density at radius 1 is 0.411 bits per heavy atom. The molecule has 2 aliphatic carbocycles. The number of ether oxygens (including phenoxy) is 2. The molecular weight excluding hydrogens is 1880 g/mol. The highest BCUT2D eigenvalue weighted by Gasteiger charge is 2.33. The number of amides is 5. The van der Waals surface area contributed by atoms with Crippen LogP contribution in [0.4, 0.5) is 153 Å². The predicted octanol–water partition coefficient (Wildman–Crippen LogP) is 18.6. The van der Waals surface area contributed by atoms with E-state index in [9.17, 15) is 57.3 Å². The Bertz CT molecular complexity index is 6890. The van der Waals surface area contributed by atoms with Crippen molar-refractivity contribution >= 4 is 201 Å². The van der Waals surface area contributed by atoms with Crippen molar-refractivity contribution in [3.63, 3.8) is 0 Å². The number of nitro groups is 2. The molecule has 5 fully saturated rings. The number of morpholine rings is 2. The lowest BCUT2D eigenvalue weighted by molar-refractivity contribution is -0.384. The Kier molecular flexibility index (Phi) is 31.9. The van der Waals surface area contributed by atoms with Crippen LogP contribution >= 0.6 is 23.2 Å². The summed E-state index contributed by atoms with van der Waals surface area (Å²) in [7, 11) is -2.96. The number of sulfone groups is 1. The third kappa shape index (κ3) is 27.5. The molecule has 3 aliphatic heterocycles. The molecule has 0 spiro atoms. The van der Waals surface area contributed by atoms with Gasteiger partial charge in [0.05, 0.1) is 129 Å². The lowest BCUT2D eigenvalue weighted by Gasteiger charge is -2.28. The predicted molar refractivity (Wildman–Crippen MR) is 539 cm³/mol. The summed E-state index contributed by atoms with van der Waals surface area (Å²) in [5.41, 5.74) is 9.78. The van der Waals surface area contributed by atoms with E-state index in [1.54, 1.807) is 146 Å². The van der Waals surface area contributed by atoms with Gasteiger partial charge in [0.2, 0.25) is 47.2 Å². The average Bonchev–Trinajstić information content (AvgIpc) is 1.16. The van der Waals surface area contributed by atoms with Crippen LogP contribution in [0.15, 0.2) is 266 Å². The monoisotopic (exact) mass is 1970 g/mol. The standard InChI is InChI=1S/C26H26ClN7O3.C24H25N7O5S.C24H25N7O4.C23H17ClFN5O2/c27-21-17-28-25(30-18-7-9-19(10-8-18)34-11-14-36-15-12-34)33-24(21)31-22-5-1-2-6-23(22)32-26(35)29-16-20-4-3-13-37-20;32-23(16-5-6-16)28-20-4-2-1-3-19(20)27-22-21(31(33)34)15-25-24(29-22)26-17-7-9-18(10-8-17)30-11-13-37(35,36)14-12-30;32-23(16-5-6-16)28-20-4-2-1-3-19(20)27-22-21(31(33)34)15-25-24(29-22)26-17-7-9-18(10-8-17)30-11-13-35-14-12-30;24-17-6-2-1-5-16(17)22(32)29-20-8-4-3-7-19(20)28-21-18(25)13-26-23(30-21)27-14-9-11-15(31)12-10-14/h1-10,13,17H,11-12,14-16H2,(H2,29,32,35)(H2,28,30,31,33);1-4,7-10,15-16H,5-6,11-14H2,(H,28,32)(H2,25,26,27,29);1-4,7-10,15-16H,5-6,11-14H2,(H,28,32)(H2,25,26,27,29);1-13,31H,(H,29,32)(H2,26,27,28,30). The fraction of sp³-hybridized carbons (Fsp3) is 0.196. The number of phenolic OH excluding ortho intramolecular Hbond substituents is 1. The molecule has 5 aliphatic rings. The van der Waals surface area contributed by atoms with Crippen molar-refractivity contribution in [3.05, 3.63) is 309 Å². The molecule has 722 valence electrons. The van der Waals surface area contributed by atoms with Gasteiger partial charge in [-0.25, -0.2) is 37.5 Å². The van der Waals surface area contributed by atoms with Crippen LogP contribution in [-0.4, -0.2) is 164 Å². The first-order chi connectivity index (χ1) is 68.5. The van der Waals surface area contributed by atoms with E-state index in [4.69, 9.17) is 37.1 Å². The van der Waals surface area contributed by atoms with E-state index in [1.165, 1.54) is 18.3 Å². The SMILES string of the molecule is O=C(NCc1ccco1)Nc1ccccc1Nc1nc(Nc2ccc(N3CCOCC3)cc2)ncc1Cl.O=C(Nc1ccccc1Nc1nc(Nc2ccc(N3CCOCC3)cc2)ncc1[N+](=O)[O-])C1CC1.O=C(Nc1ccccc1Nc1nc(Nc2ccc(N3CCS(=O)(=O)CC3)cc2)ncc1[N+](=O)[O-])C1CC1.O=C(Nc1ccccc1Nc1nc(Nc2ccc(O)cc2)ncc1F)c1ccccc1Cl. The van der Waals surface area contributed by atoms with Crippen LogP contribution in [0.1, 0.15) is 41.8 Å². The molecule has 14 N–H and O–H groups in total. The molecule has 5 aromatic heterocycles. The van der Waals surface area contributed by atoms with Crippen molar-refractivity contribution < 1.29 is 60.8 Å². The summed E-state index contributed by atoms with van der Waals surface area (Å²) in [4.78, 5) is 112. The van der Waals surface area contributed by atoms with Crippen LogP contribution in [0.25, 0.3) is 0 Å². The first-order valence-corrected chi connectivity index (χ1v) is 47.1. The zero-order chi connectivity index (χ0) is 98.1. The zero-order valence-corrected chi connectivity index (χ0v) is 77.4. The summed E-state index contributed by atoms with van der Waals surface area (Å²) in [5, 5.41) is 71.7. The third-order valence-electron chi connectivity index (χ3n) is 22.1. The van der Waals surface area contributed by atoms with Crippen molar-refractivity contribution in [1.29, 1.82) is 0 Å². The molecule has 9 aromatic carbocycles. The first kappa shape index (κ1) is 97.1. The molecule has 44 heteroatoms. The summed E-state index contributed by atoms with van der Waals surface area (Å²) >= 11 is 12.5. The maximum absolute atomic E-state index is 14.4. The Hall–Kier alpha value is -17.0. The minimum absolute atomic E-state index is 0.00610. The quantitative estimate of drug-likeness (QED) is 0.0113. The van der Waals surface area contributed by atoms with Gasteiger partial charge < -0.3 is 103 Å². The second-order valence-corrected chi connectivity index (χ2v) is 35.3. The fourth-order valence-corrected chi connectivity index (χ4v) is 15.9. The summed E-state index contributed by atoms with van der Waals surface area (Å²) in [6.07, 6.45) is 9.85. The van der Waals surface area contributed by atoms with Crippen LogP contribution in [0.2, 0.25) is 10.0 Å². The number of furan rings is 1. The number of carbonyl (C=O) groups excluding carboxylic acids is 4. The van der Waals surface area contributed by atoms with E-state index in [2.05, 4.69) is 131 Å². The Labute approximate surface area is 816 Å². The van der Waals surface area contributed by atoms with E-state index in [0.717, 1.165) is 112 Å². The highest BCUT2D eigenvalue weighted by molar-refractivity contribution is 7.91. The van der Waals surface area contributed by atoms with Crippen LogP contribution in [0.5, 0.6) is 5.75 Å². The average molecular weight is 1970 g/mol. The van der Waals surface area contributed by atoms with Crippen LogP contribution in [0, 0.1) is 37.9 Å². The van der Waals surface area contributed by atoms with Gasteiger partial charge in [0.15, 0.2) is 27.3 Å². The number of aromatic hydroxyl groups is 1. The summed E-state index contributed by atoms with van der Waals surface area (Å²) in [5.74, 6) is 1.05. The number of rotatable bonds is 30. The van der Waals surface area contributed by atoms with Gasteiger partial charge in [-0.2, -0.15) is 19.9 Å². The second-order valence-electron chi connectivity index (χ2n) is 32.2. The van der Waals surface area contributed by atoms with Crippen molar-refractivity contribution in [2.45, 2.75) is 32.2 Å². The van der Waals surface area contributed by atoms with Gasteiger partial charge in [-0.1, -0.05) is 83.9 Å². The van der Waals surface area contributed by atoms with Crippen molar-refractivity contribution in [1.82, 2.24) is 45.2 Å². The van der Waals surface area contributed by atoms with Gasteiger partial charge in [0, 0.05) is 90.9 Å². The number of aromatic nitrogens is 8. The maximum atomic E-state index is 14.4. The lowest BCUT2D eigenvalue weighted by atomic mass is 10.2. The molecule has 19 rings (SSSR count). The van der Waals surface area contributed by atoms with E-state index in [-0.39, 0.29) is 100 Å². The van der Waals surface area contributed by atoms with Crippen molar-refractivity contribution in [2.75, 3.05) is 156 Å². The highest BCUT2D eigenvalue weighted by Crippen LogP contribution is 2.39. The molecule has 2 saturated carbocycles. The number of halogens is 3. The summed E-state index contributed by atoms with van der Waals surface area (Å²) in [6.45, 7) is 7.50. The molecular formula is C97H93Cl2FN26O14S. The number of hydrogen-bond donors (Lipinski definition) is 14. The lowest BCUT2D eigenvalue weighted by Crippen LogP contribution is -2.40. The van der Waals surface area contributed by atoms with Gasteiger partial charge in [-0.15, -0.1) is 0 Å². The molecule has 40 nitrogen and oxygen atoms in total. The first-order valence-electron chi connectivity index (χ1n) is 44.5. The fourth-order valence-electron chi connectivity index (χ4n) is 14.4. The van der Waals surface area contributed by atoms with E-state index < -0.39 is 31.4 Å². The smallest absolute Gasteiger partial charge is 0.329 e. The number of hydrogen-bond acceptors (Lipinski definition) is 33. The Balaban J connectivity index is 0.000000136. The third-order valence-corrected chi connectivity index (χ3v) is 24.3. The summed E-state index contributed by atoms with van der Waals surface area (Å²) < 4.78 is 53.8. The number of nitrogens with one attached hydrogen (secondary N) is 13. The Morgan fingerprint density at radius 3 is 1.19 bits per heavy atom.